The summed E-state index contributed by atoms with van der Waals surface area (Å²) >= 11 is 1.51. The van der Waals surface area contributed by atoms with Crippen LogP contribution in [-0.2, 0) is 14.4 Å². The van der Waals surface area contributed by atoms with Crippen LogP contribution in [0.3, 0.4) is 0 Å². The molecule has 0 bridgehead atoms. The fraction of sp³-hybridized carbons (Fsp3) is 0.526. The highest BCUT2D eigenvalue weighted by Gasteiger charge is 2.27. The molecule has 6 nitrogen and oxygen atoms in total. The van der Waals surface area contributed by atoms with Crippen LogP contribution in [0.15, 0.2) is 29.2 Å². The maximum absolute atomic E-state index is 12.9. The zero-order valence-corrected chi connectivity index (χ0v) is 16.2. The number of amides is 2. The third kappa shape index (κ3) is 6.86. The Morgan fingerprint density at radius 1 is 1.22 bits per heavy atom. The summed E-state index contributed by atoms with van der Waals surface area (Å²) in [4.78, 5) is 39.3. The van der Waals surface area contributed by atoms with Crippen LogP contribution in [0.1, 0.15) is 32.6 Å². The normalized spacial score (nSPS) is 17.3. The topological polar surface area (TPSA) is 77.9 Å². The quantitative estimate of drug-likeness (QED) is 0.717. The maximum atomic E-state index is 12.9. The summed E-state index contributed by atoms with van der Waals surface area (Å²) in [6.45, 7) is 2.22. The number of hydrogen-bond donors (Lipinski definition) is 1. The first-order valence-electron chi connectivity index (χ1n) is 9.02. The minimum absolute atomic E-state index is 0.0536. The minimum atomic E-state index is -1.03. The number of nitrogens with zero attached hydrogens (tertiary/aromatic N) is 2. The van der Waals surface area contributed by atoms with Crippen molar-refractivity contribution in [2.24, 2.45) is 0 Å². The standard InChI is InChI=1S/C19H25FN2O4S/c1-14(23)22(13-19(25)26)16-3-2-10-21(11-8-16)18(24)9-12-27-17-6-4-15(20)5-7-17/h4-7,16H,2-3,8-13H2,1H3,(H,25,26). The van der Waals surface area contributed by atoms with E-state index in [9.17, 15) is 18.8 Å². The number of carboxylic acid groups (broad SMARTS) is 1. The third-order valence-corrected chi connectivity index (χ3v) is 5.61. The monoisotopic (exact) mass is 396 g/mol. The molecule has 0 aromatic heterocycles. The molecule has 1 aromatic carbocycles. The highest BCUT2D eigenvalue weighted by Crippen LogP contribution is 2.21. The molecule has 1 aromatic rings. The second kappa shape index (κ2) is 10.3. The van der Waals surface area contributed by atoms with E-state index in [2.05, 4.69) is 0 Å². The number of carboxylic acids is 1. The second-order valence-corrected chi connectivity index (χ2v) is 7.73. The Labute approximate surface area is 162 Å². The van der Waals surface area contributed by atoms with Gasteiger partial charge >= 0.3 is 5.97 Å². The van der Waals surface area contributed by atoms with Gasteiger partial charge in [0.15, 0.2) is 0 Å². The Morgan fingerprint density at radius 2 is 1.93 bits per heavy atom. The molecule has 1 saturated heterocycles. The first kappa shape index (κ1) is 21.2. The van der Waals surface area contributed by atoms with Gasteiger partial charge in [0.05, 0.1) is 0 Å². The summed E-state index contributed by atoms with van der Waals surface area (Å²) in [6, 6.07) is 6.04. The number of carbonyl (C=O) groups excluding carboxylic acids is 2. The maximum Gasteiger partial charge on any atom is 0.323 e. The van der Waals surface area contributed by atoms with Gasteiger partial charge in [-0.3, -0.25) is 14.4 Å². The lowest BCUT2D eigenvalue weighted by atomic mass is 10.1. The Bertz CT molecular complexity index is 668. The van der Waals surface area contributed by atoms with Crippen molar-refractivity contribution in [3.05, 3.63) is 30.1 Å². The molecular formula is C19H25FN2O4S. The number of carbonyl (C=O) groups is 3. The Hall–Kier alpha value is -2.09. The molecule has 8 heteroatoms. The van der Waals surface area contributed by atoms with Crippen molar-refractivity contribution in [1.29, 1.82) is 0 Å². The summed E-state index contributed by atoms with van der Waals surface area (Å²) in [5.74, 6) is -0.892. The zero-order chi connectivity index (χ0) is 19.8. The largest absolute Gasteiger partial charge is 0.480 e. The Balaban J connectivity index is 1.81. The first-order valence-corrected chi connectivity index (χ1v) is 10.0. The average molecular weight is 396 g/mol. The van der Waals surface area contributed by atoms with Crippen molar-refractivity contribution in [3.63, 3.8) is 0 Å². The van der Waals surface area contributed by atoms with E-state index in [4.69, 9.17) is 5.11 Å². The van der Waals surface area contributed by atoms with Crippen LogP contribution in [0.4, 0.5) is 4.39 Å². The van der Waals surface area contributed by atoms with Gasteiger partial charge < -0.3 is 14.9 Å². The number of hydrogen-bond acceptors (Lipinski definition) is 4. The van der Waals surface area contributed by atoms with Crippen LogP contribution in [0, 0.1) is 5.82 Å². The second-order valence-electron chi connectivity index (χ2n) is 6.56. The number of rotatable bonds is 7. The molecule has 2 rings (SSSR count). The van der Waals surface area contributed by atoms with Gasteiger partial charge in [-0.2, -0.15) is 0 Å². The van der Waals surface area contributed by atoms with Gasteiger partial charge in [-0.05, 0) is 43.5 Å². The number of likely N-dealkylation sites (tertiary alicyclic amines) is 1. The molecule has 1 aliphatic rings. The smallest absolute Gasteiger partial charge is 0.323 e. The molecule has 1 atom stereocenters. The lowest BCUT2D eigenvalue weighted by molar-refractivity contribution is -0.145. The molecule has 1 heterocycles. The van der Waals surface area contributed by atoms with Crippen LogP contribution >= 0.6 is 11.8 Å². The molecule has 0 aliphatic carbocycles. The van der Waals surface area contributed by atoms with Crippen molar-refractivity contribution < 1.29 is 23.9 Å². The van der Waals surface area contributed by atoms with E-state index >= 15 is 0 Å². The van der Waals surface area contributed by atoms with Gasteiger partial charge in [-0.25, -0.2) is 4.39 Å². The van der Waals surface area contributed by atoms with E-state index in [0.717, 1.165) is 11.3 Å². The molecule has 148 valence electrons. The predicted molar refractivity (Wildman–Crippen MR) is 101 cm³/mol. The number of benzene rings is 1. The van der Waals surface area contributed by atoms with Crippen LogP contribution in [0.2, 0.25) is 0 Å². The van der Waals surface area contributed by atoms with Crippen molar-refractivity contribution in [3.8, 4) is 0 Å². The lowest BCUT2D eigenvalue weighted by Crippen LogP contribution is -2.43. The van der Waals surface area contributed by atoms with Gasteiger partial charge in [-0.1, -0.05) is 0 Å². The SMILES string of the molecule is CC(=O)N(CC(=O)O)C1CCCN(C(=O)CCSc2ccc(F)cc2)CC1. The Morgan fingerprint density at radius 3 is 2.56 bits per heavy atom. The molecule has 0 spiro atoms. The molecule has 0 radical (unpaired) electrons. The van der Waals surface area contributed by atoms with E-state index in [0.29, 0.717) is 38.1 Å². The summed E-state index contributed by atoms with van der Waals surface area (Å²) in [6.07, 6.45) is 2.41. The fourth-order valence-corrected chi connectivity index (χ4v) is 4.07. The van der Waals surface area contributed by atoms with E-state index < -0.39 is 5.97 Å². The lowest BCUT2D eigenvalue weighted by Gasteiger charge is -2.28. The molecular weight excluding hydrogens is 371 g/mol. The minimum Gasteiger partial charge on any atom is -0.480 e. The highest BCUT2D eigenvalue weighted by molar-refractivity contribution is 7.99. The fourth-order valence-electron chi connectivity index (χ4n) is 3.23. The van der Waals surface area contributed by atoms with E-state index in [1.807, 2.05) is 0 Å². The molecule has 2 amide bonds. The van der Waals surface area contributed by atoms with Gasteiger partial charge in [-0.15, -0.1) is 11.8 Å². The molecule has 1 N–H and O–H groups in total. The highest BCUT2D eigenvalue weighted by atomic mass is 32.2. The molecule has 1 aliphatic heterocycles. The number of aliphatic carboxylic acids is 1. The van der Waals surface area contributed by atoms with Crippen LogP contribution in [0.5, 0.6) is 0 Å². The van der Waals surface area contributed by atoms with Crippen molar-refractivity contribution >= 4 is 29.5 Å². The molecule has 0 saturated carbocycles. The van der Waals surface area contributed by atoms with Crippen LogP contribution < -0.4 is 0 Å². The summed E-state index contributed by atoms with van der Waals surface area (Å²) < 4.78 is 12.9. The van der Waals surface area contributed by atoms with E-state index in [-0.39, 0.29) is 30.2 Å². The van der Waals surface area contributed by atoms with Crippen molar-refractivity contribution in [2.45, 2.75) is 43.5 Å². The van der Waals surface area contributed by atoms with Crippen molar-refractivity contribution in [2.75, 3.05) is 25.4 Å². The molecule has 1 unspecified atom stereocenters. The summed E-state index contributed by atoms with van der Waals surface area (Å²) in [7, 11) is 0. The molecule has 27 heavy (non-hydrogen) atoms. The van der Waals surface area contributed by atoms with Gasteiger partial charge in [0.25, 0.3) is 0 Å². The number of halogens is 1. The third-order valence-electron chi connectivity index (χ3n) is 4.60. The van der Waals surface area contributed by atoms with Crippen molar-refractivity contribution in [1.82, 2.24) is 9.80 Å². The first-order chi connectivity index (χ1) is 12.9. The average Bonchev–Trinajstić information content (AvgIpc) is 2.87. The van der Waals surface area contributed by atoms with Gasteiger partial charge in [0.2, 0.25) is 11.8 Å². The summed E-state index contributed by atoms with van der Waals surface area (Å²) in [5.41, 5.74) is 0. The predicted octanol–water partition coefficient (Wildman–Crippen LogP) is 2.62. The van der Waals surface area contributed by atoms with Gasteiger partial charge in [0.1, 0.15) is 12.4 Å². The Kier molecular flexibility index (Phi) is 8.09. The van der Waals surface area contributed by atoms with Gasteiger partial charge in [0, 0.05) is 43.1 Å². The van der Waals surface area contributed by atoms with Crippen LogP contribution in [-0.4, -0.2) is 64.1 Å². The number of thioether (sulfide) groups is 1. The van der Waals surface area contributed by atoms with E-state index in [1.165, 1.54) is 35.7 Å². The zero-order valence-electron chi connectivity index (χ0n) is 15.4. The summed E-state index contributed by atoms with van der Waals surface area (Å²) in [5, 5.41) is 9.00. The molecule has 1 fully saturated rings. The van der Waals surface area contributed by atoms with E-state index in [1.54, 1.807) is 17.0 Å². The van der Waals surface area contributed by atoms with Crippen LogP contribution in [0.25, 0.3) is 0 Å².